The van der Waals surface area contributed by atoms with Crippen LogP contribution in [0.25, 0.3) is 0 Å². The molecule has 0 saturated carbocycles. The van der Waals surface area contributed by atoms with Gasteiger partial charge in [0.2, 0.25) is 11.8 Å². The first-order valence-electron chi connectivity index (χ1n) is 7.32. The Morgan fingerprint density at radius 1 is 1.40 bits per heavy atom. The van der Waals surface area contributed by atoms with E-state index in [1.807, 2.05) is 6.07 Å². The molecular weight excluding hydrogens is 326 g/mol. The maximum atomic E-state index is 13.0. The summed E-state index contributed by atoms with van der Waals surface area (Å²) in [6.45, 7) is -0.0881. The molecule has 0 aliphatic carbocycles. The highest BCUT2D eigenvalue weighted by atomic mass is 16.5. The molecule has 0 saturated heterocycles. The molecule has 1 atom stereocenters. The van der Waals surface area contributed by atoms with E-state index in [9.17, 15) is 14.9 Å². The lowest BCUT2D eigenvalue weighted by atomic mass is 9.68. The number of anilines is 1. The van der Waals surface area contributed by atoms with E-state index in [0.717, 1.165) is 7.11 Å². The first-order valence-corrected chi connectivity index (χ1v) is 7.32. The second-order valence-corrected chi connectivity index (χ2v) is 5.43. The predicted octanol–water partition coefficient (Wildman–Crippen LogP) is 0.674. The number of para-hydroxylation sites is 1. The lowest BCUT2D eigenvalue weighted by Crippen LogP contribution is -2.46. The third-order valence-corrected chi connectivity index (χ3v) is 4.21. The van der Waals surface area contributed by atoms with Gasteiger partial charge in [-0.05, 0) is 6.07 Å². The molecule has 1 unspecified atom stereocenters. The van der Waals surface area contributed by atoms with Crippen molar-refractivity contribution in [3.63, 3.8) is 0 Å². The number of nitrogens with two attached hydrogens (primary N) is 1. The fourth-order valence-electron chi connectivity index (χ4n) is 3.24. The van der Waals surface area contributed by atoms with Gasteiger partial charge >= 0.3 is 5.97 Å². The van der Waals surface area contributed by atoms with Crippen LogP contribution in [0.1, 0.15) is 5.56 Å². The summed E-state index contributed by atoms with van der Waals surface area (Å²) in [4.78, 5) is 25.4. The molecule has 1 aromatic carbocycles. The highest BCUT2D eigenvalue weighted by molar-refractivity contribution is 6.17. The zero-order valence-corrected chi connectivity index (χ0v) is 13.6. The van der Waals surface area contributed by atoms with Crippen molar-refractivity contribution in [2.45, 2.75) is 5.41 Å². The van der Waals surface area contributed by atoms with Gasteiger partial charge in [0.1, 0.15) is 24.0 Å². The zero-order chi connectivity index (χ0) is 18.2. The van der Waals surface area contributed by atoms with Crippen LogP contribution in [-0.4, -0.2) is 32.7 Å². The summed E-state index contributed by atoms with van der Waals surface area (Å²) in [6.07, 6.45) is 0. The summed E-state index contributed by atoms with van der Waals surface area (Å²) in [5, 5.41) is 12.5. The Morgan fingerprint density at radius 3 is 2.76 bits per heavy atom. The molecule has 3 N–H and O–H groups in total. The topological polar surface area (TPSA) is 124 Å². The summed E-state index contributed by atoms with van der Waals surface area (Å²) in [5.41, 5.74) is 4.82. The number of hydrogen-bond donors (Lipinski definition) is 2. The molecule has 1 spiro atoms. The summed E-state index contributed by atoms with van der Waals surface area (Å²) in [7, 11) is 2.58. The highest BCUT2D eigenvalue weighted by Crippen LogP contribution is 2.51. The summed E-state index contributed by atoms with van der Waals surface area (Å²) < 4.78 is 15.3. The van der Waals surface area contributed by atoms with Crippen LogP contribution in [0.5, 0.6) is 0 Å². The molecule has 2 aliphatic rings. The van der Waals surface area contributed by atoms with Gasteiger partial charge in [0.25, 0.3) is 0 Å². The summed E-state index contributed by atoms with van der Waals surface area (Å²) >= 11 is 0. The van der Waals surface area contributed by atoms with Gasteiger partial charge in [-0.3, -0.25) is 4.79 Å². The van der Waals surface area contributed by atoms with Gasteiger partial charge in [-0.15, -0.1) is 0 Å². The quantitative estimate of drug-likeness (QED) is 0.775. The molecule has 1 amide bonds. The monoisotopic (exact) mass is 341 g/mol. The minimum Gasteiger partial charge on any atom is -0.465 e. The lowest BCUT2D eigenvalue weighted by molar-refractivity contribution is -0.138. The molecule has 0 fully saturated rings. The molecule has 8 heteroatoms. The molecule has 1 aromatic rings. The first-order chi connectivity index (χ1) is 12.0. The van der Waals surface area contributed by atoms with Gasteiger partial charge < -0.3 is 25.3 Å². The number of carbonyl (C=O) groups is 2. The molecule has 0 aromatic heterocycles. The van der Waals surface area contributed by atoms with Gasteiger partial charge in [0.05, 0.1) is 12.7 Å². The lowest BCUT2D eigenvalue weighted by Gasteiger charge is -2.34. The predicted molar refractivity (Wildman–Crippen MR) is 85.6 cm³/mol. The van der Waals surface area contributed by atoms with Crippen LogP contribution < -0.4 is 11.1 Å². The SMILES string of the molecule is COCC1=C(C#N)C2(C(=O)Nc3ccccc32)C(C(=O)OC)=C(N)O1. The van der Waals surface area contributed by atoms with Crippen molar-refractivity contribution >= 4 is 17.6 Å². The smallest absolute Gasteiger partial charge is 0.341 e. The van der Waals surface area contributed by atoms with E-state index >= 15 is 0 Å². The van der Waals surface area contributed by atoms with Crippen molar-refractivity contribution in [3.05, 3.63) is 52.6 Å². The second-order valence-electron chi connectivity index (χ2n) is 5.43. The van der Waals surface area contributed by atoms with Crippen LogP contribution >= 0.6 is 0 Å². The molecule has 25 heavy (non-hydrogen) atoms. The minimum absolute atomic E-state index is 0.0635. The molecule has 3 rings (SSSR count). The third-order valence-electron chi connectivity index (χ3n) is 4.21. The van der Waals surface area contributed by atoms with Crippen LogP contribution in [-0.2, 0) is 29.2 Å². The van der Waals surface area contributed by atoms with E-state index in [4.69, 9.17) is 19.9 Å². The Morgan fingerprint density at radius 2 is 2.12 bits per heavy atom. The third kappa shape index (κ3) is 2.10. The van der Waals surface area contributed by atoms with Gasteiger partial charge in [0.15, 0.2) is 5.41 Å². The van der Waals surface area contributed by atoms with E-state index in [-0.39, 0.29) is 29.4 Å². The number of rotatable bonds is 3. The normalized spacial score (nSPS) is 21.6. The molecule has 2 aliphatic heterocycles. The maximum absolute atomic E-state index is 13.0. The van der Waals surface area contributed by atoms with Gasteiger partial charge in [-0.2, -0.15) is 5.26 Å². The van der Waals surface area contributed by atoms with Crippen molar-refractivity contribution in [1.82, 2.24) is 0 Å². The van der Waals surface area contributed by atoms with Gasteiger partial charge in [-0.25, -0.2) is 4.79 Å². The number of fused-ring (bicyclic) bond motifs is 2. The van der Waals surface area contributed by atoms with Crippen molar-refractivity contribution in [2.75, 3.05) is 26.1 Å². The Labute approximate surface area is 143 Å². The Bertz CT molecular complexity index is 881. The van der Waals surface area contributed by atoms with Gasteiger partial charge in [0, 0.05) is 18.4 Å². The van der Waals surface area contributed by atoms with E-state index in [2.05, 4.69) is 5.32 Å². The molecule has 8 nitrogen and oxygen atoms in total. The molecule has 2 heterocycles. The number of ether oxygens (including phenoxy) is 3. The molecule has 128 valence electrons. The zero-order valence-electron chi connectivity index (χ0n) is 13.6. The van der Waals surface area contributed by atoms with Crippen molar-refractivity contribution < 1.29 is 23.8 Å². The average molecular weight is 341 g/mol. The highest BCUT2D eigenvalue weighted by Gasteiger charge is 2.60. The summed E-state index contributed by atoms with van der Waals surface area (Å²) in [6, 6.07) is 8.74. The van der Waals surface area contributed by atoms with Crippen LogP contribution in [0, 0.1) is 11.3 Å². The maximum Gasteiger partial charge on any atom is 0.341 e. The van der Waals surface area contributed by atoms with Crippen LogP contribution in [0.3, 0.4) is 0 Å². The minimum atomic E-state index is -1.74. The van der Waals surface area contributed by atoms with Crippen molar-refractivity contribution in [3.8, 4) is 6.07 Å². The standard InChI is InChI=1S/C17H15N3O5/c1-23-8-12-10(7-18)17(13(14(19)25-12)15(21)24-2)9-5-3-4-6-11(9)20-16(17)22/h3-6H,8,19H2,1-2H3,(H,20,22). The fraction of sp³-hybridized carbons (Fsp3) is 0.235. The number of methoxy groups -OCH3 is 2. The van der Waals surface area contributed by atoms with Crippen LogP contribution in [0.4, 0.5) is 5.69 Å². The number of nitriles is 1. The number of carbonyl (C=O) groups excluding carboxylic acids is 2. The van der Waals surface area contributed by atoms with E-state index in [1.54, 1.807) is 24.3 Å². The van der Waals surface area contributed by atoms with E-state index in [0.29, 0.717) is 11.3 Å². The van der Waals surface area contributed by atoms with Crippen LogP contribution in [0.2, 0.25) is 0 Å². The molecular formula is C17H15N3O5. The first kappa shape index (κ1) is 16.5. The number of amides is 1. The largest absolute Gasteiger partial charge is 0.465 e. The number of nitrogens with one attached hydrogen (secondary N) is 1. The number of esters is 1. The van der Waals surface area contributed by atoms with Gasteiger partial charge in [-0.1, -0.05) is 18.2 Å². The van der Waals surface area contributed by atoms with Crippen LogP contribution in [0.15, 0.2) is 47.1 Å². The summed E-state index contributed by atoms with van der Waals surface area (Å²) in [5.74, 6) is -1.66. The Hall–Kier alpha value is -3.31. The number of hydrogen-bond acceptors (Lipinski definition) is 7. The number of benzene rings is 1. The molecule has 0 bridgehead atoms. The number of nitrogens with zero attached hydrogens (tertiary/aromatic N) is 1. The van der Waals surface area contributed by atoms with Crippen molar-refractivity contribution in [2.24, 2.45) is 5.73 Å². The Kier molecular flexibility index (Phi) is 3.94. The van der Waals surface area contributed by atoms with Crippen molar-refractivity contribution in [1.29, 1.82) is 5.26 Å². The molecule has 0 radical (unpaired) electrons. The van der Waals surface area contributed by atoms with E-state index < -0.39 is 17.3 Å². The van der Waals surface area contributed by atoms with E-state index in [1.165, 1.54) is 7.11 Å². The second kappa shape index (κ2) is 5.96. The average Bonchev–Trinajstić information content (AvgIpc) is 2.88. The fourth-order valence-corrected chi connectivity index (χ4v) is 3.24. The Balaban J connectivity index is 2.41.